The van der Waals surface area contributed by atoms with Crippen molar-refractivity contribution in [3.63, 3.8) is 0 Å². The smallest absolute Gasteiger partial charge is 0.0541 e. The molecule has 0 aliphatic carbocycles. The summed E-state index contributed by atoms with van der Waals surface area (Å²) in [4.78, 5) is 1.33. The second-order valence-electron chi connectivity index (χ2n) is 7.88. The number of nitrogens with zero attached hydrogens (tertiary/aromatic N) is 1. The second kappa shape index (κ2) is 6.55. The van der Waals surface area contributed by atoms with E-state index in [1.165, 1.54) is 58.1 Å². The van der Waals surface area contributed by atoms with Crippen LogP contribution in [0.1, 0.15) is 0 Å². The van der Waals surface area contributed by atoms with Gasteiger partial charge >= 0.3 is 0 Å². The van der Waals surface area contributed by atoms with Crippen LogP contribution >= 0.6 is 22.7 Å². The summed E-state index contributed by atoms with van der Waals surface area (Å²) in [5.74, 6) is 0. The van der Waals surface area contributed by atoms with Crippen molar-refractivity contribution in [2.24, 2.45) is 0 Å². The summed E-state index contributed by atoms with van der Waals surface area (Å²) in [6.07, 6.45) is 0. The number of aromatic nitrogens is 1. The number of hydrogen-bond acceptors (Lipinski definition) is 2. The molecular formula is C28H17NS2. The van der Waals surface area contributed by atoms with Crippen LogP contribution in [-0.4, -0.2) is 4.57 Å². The van der Waals surface area contributed by atoms with Gasteiger partial charge in [0, 0.05) is 30.7 Å². The lowest BCUT2D eigenvalue weighted by molar-refractivity contribution is 1.18. The zero-order chi connectivity index (χ0) is 20.4. The van der Waals surface area contributed by atoms with Gasteiger partial charge in [0.25, 0.3) is 0 Å². The first-order chi connectivity index (χ1) is 15.3. The SMILES string of the molecule is c1ccc(-n2c3ccccc3c3cc(-c4cc5cc6sccc6cc5s4)ccc32)cc1. The highest BCUT2D eigenvalue weighted by Crippen LogP contribution is 2.40. The van der Waals surface area contributed by atoms with Crippen molar-refractivity contribution in [2.45, 2.75) is 0 Å². The number of fused-ring (bicyclic) bond motifs is 5. The average molecular weight is 432 g/mol. The maximum absolute atomic E-state index is 2.37. The molecule has 7 rings (SSSR count). The molecule has 3 heteroatoms. The van der Waals surface area contributed by atoms with E-state index in [2.05, 4.69) is 107 Å². The van der Waals surface area contributed by atoms with Crippen molar-refractivity contribution >= 4 is 64.7 Å². The van der Waals surface area contributed by atoms with Crippen LogP contribution in [0.2, 0.25) is 0 Å². The standard InChI is InChI=1S/C28H17NS2/c1-2-6-21(7-3-1)29-24-9-5-4-8-22(24)23-14-18(10-11-25(23)29)27-17-20-16-26-19(12-13-30-26)15-28(20)31-27/h1-17H. The van der Waals surface area contributed by atoms with E-state index in [4.69, 9.17) is 0 Å². The summed E-state index contributed by atoms with van der Waals surface area (Å²) in [5.41, 5.74) is 4.98. The fourth-order valence-electron chi connectivity index (χ4n) is 4.62. The summed E-state index contributed by atoms with van der Waals surface area (Å²) in [5, 5.41) is 7.44. The van der Waals surface area contributed by atoms with Crippen LogP contribution in [0.15, 0.2) is 102 Å². The fraction of sp³-hybridized carbons (Fsp3) is 0. The van der Waals surface area contributed by atoms with Crippen molar-refractivity contribution in [1.29, 1.82) is 0 Å². The van der Waals surface area contributed by atoms with Gasteiger partial charge in [-0.15, -0.1) is 22.7 Å². The van der Waals surface area contributed by atoms with E-state index in [1.54, 1.807) is 0 Å². The Labute approximate surface area is 187 Å². The predicted molar refractivity (Wildman–Crippen MR) is 137 cm³/mol. The quantitative estimate of drug-likeness (QED) is 0.257. The van der Waals surface area contributed by atoms with E-state index in [0.717, 1.165) is 0 Å². The number of rotatable bonds is 2. The minimum Gasteiger partial charge on any atom is -0.309 e. The van der Waals surface area contributed by atoms with Crippen molar-refractivity contribution in [3.05, 3.63) is 102 Å². The van der Waals surface area contributed by atoms with Gasteiger partial charge in [0.1, 0.15) is 0 Å². The van der Waals surface area contributed by atoms with Gasteiger partial charge in [-0.05, 0) is 76.3 Å². The Morgan fingerprint density at radius 2 is 1.39 bits per heavy atom. The Morgan fingerprint density at radius 3 is 2.32 bits per heavy atom. The molecule has 0 atom stereocenters. The molecule has 1 nitrogen and oxygen atoms in total. The van der Waals surface area contributed by atoms with Gasteiger partial charge in [-0.1, -0.05) is 42.5 Å². The molecule has 0 unspecified atom stereocenters. The fourth-order valence-corrected chi connectivity index (χ4v) is 6.53. The molecule has 31 heavy (non-hydrogen) atoms. The first-order valence-corrected chi connectivity index (χ1v) is 12.0. The van der Waals surface area contributed by atoms with Gasteiger partial charge < -0.3 is 4.57 Å². The first kappa shape index (κ1) is 17.3. The third kappa shape index (κ3) is 2.61. The minimum absolute atomic E-state index is 1.20. The maximum Gasteiger partial charge on any atom is 0.0541 e. The van der Waals surface area contributed by atoms with Crippen molar-refractivity contribution < 1.29 is 0 Å². The van der Waals surface area contributed by atoms with Crippen molar-refractivity contribution in [1.82, 2.24) is 4.57 Å². The average Bonchev–Trinajstić information content (AvgIpc) is 3.52. The monoisotopic (exact) mass is 431 g/mol. The molecule has 0 amide bonds. The van der Waals surface area contributed by atoms with Gasteiger partial charge in [0.05, 0.1) is 11.0 Å². The molecule has 0 N–H and O–H groups in total. The van der Waals surface area contributed by atoms with Gasteiger partial charge in [-0.3, -0.25) is 0 Å². The van der Waals surface area contributed by atoms with Crippen LogP contribution < -0.4 is 0 Å². The van der Waals surface area contributed by atoms with E-state index in [0.29, 0.717) is 0 Å². The largest absolute Gasteiger partial charge is 0.309 e. The van der Waals surface area contributed by atoms with Crippen molar-refractivity contribution in [3.8, 4) is 16.1 Å². The van der Waals surface area contributed by atoms with Crippen LogP contribution in [-0.2, 0) is 0 Å². The zero-order valence-corrected chi connectivity index (χ0v) is 18.2. The predicted octanol–water partition coefficient (Wildman–Crippen LogP) is 8.88. The van der Waals surface area contributed by atoms with E-state index in [1.807, 2.05) is 22.7 Å². The highest BCUT2D eigenvalue weighted by molar-refractivity contribution is 7.22. The third-order valence-corrected chi connectivity index (χ3v) is 8.09. The molecule has 0 saturated heterocycles. The van der Waals surface area contributed by atoms with Crippen molar-refractivity contribution in [2.75, 3.05) is 0 Å². The van der Waals surface area contributed by atoms with E-state index in [9.17, 15) is 0 Å². The Morgan fingerprint density at radius 1 is 0.581 bits per heavy atom. The molecule has 4 aromatic carbocycles. The molecule has 7 aromatic rings. The highest BCUT2D eigenvalue weighted by atomic mass is 32.1. The Balaban J connectivity index is 1.48. The third-order valence-electron chi connectivity index (χ3n) is 6.06. The zero-order valence-electron chi connectivity index (χ0n) is 16.6. The van der Waals surface area contributed by atoms with Crippen LogP contribution in [0.4, 0.5) is 0 Å². The number of thiophene rings is 2. The minimum atomic E-state index is 1.20. The van der Waals surface area contributed by atoms with Gasteiger partial charge in [0.15, 0.2) is 0 Å². The Hall–Kier alpha value is -3.40. The highest BCUT2D eigenvalue weighted by Gasteiger charge is 2.14. The lowest BCUT2D eigenvalue weighted by atomic mass is 10.1. The molecule has 0 fully saturated rings. The summed E-state index contributed by atoms with van der Waals surface area (Å²) in [7, 11) is 0. The lowest BCUT2D eigenvalue weighted by Crippen LogP contribution is -1.92. The summed E-state index contributed by atoms with van der Waals surface area (Å²) >= 11 is 3.70. The number of hydrogen-bond donors (Lipinski definition) is 0. The molecule has 0 aliphatic rings. The molecule has 0 radical (unpaired) electrons. The lowest BCUT2D eigenvalue weighted by Gasteiger charge is -2.07. The molecule has 146 valence electrons. The normalized spacial score (nSPS) is 11.9. The first-order valence-electron chi connectivity index (χ1n) is 10.3. The van der Waals surface area contributed by atoms with E-state index < -0.39 is 0 Å². The molecule has 0 spiro atoms. The summed E-state index contributed by atoms with van der Waals surface area (Å²) in [6.45, 7) is 0. The molecular weight excluding hydrogens is 414 g/mol. The van der Waals surface area contributed by atoms with Crippen LogP contribution in [0.3, 0.4) is 0 Å². The van der Waals surface area contributed by atoms with Gasteiger partial charge in [-0.25, -0.2) is 0 Å². The second-order valence-corrected chi connectivity index (χ2v) is 9.91. The molecule has 0 saturated carbocycles. The van der Waals surface area contributed by atoms with Gasteiger partial charge in [0.2, 0.25) is 0 Å². The Bertz CT molecular complexity index is 1680. The molecule has 3 heterocycles. The maximum atomic E-state index is 2.37. The molecule has 0 bridgehead atoms. The topological polar surface area (TPSA) is 4.93 Å². The number of para-hydroxylation sites is 2. The summed E-state index contributed by atoms with van der Waals surface area (Å²) < 4.78 is 5.08. The Kier molecular flexibility index (Phi) is 3.65. The number of benzene rings is 4. The molecule has 0 aliphatic heterocycles. The molecule has 3 aromatic heterocycles. The van der Waals surface area contributed by atoms with E-state index >= 15 is 0 Å². The van der Waals surface area contributed by atoms with Gasteiger partial charge in [-0.2, -0.15) is 0 Å². The van der Waals surface area contributed by atoms with Crippen LogP contribution in [0, 0.1) is 0 Å². The van der Waals surface area contributed by atoms with Crippen LogP contribution in [0.25, 0.3) is 58.1 Å². The summed E-state index contributed by atoms with van der Waals surface area (Å²) in [6, 6.07) is 35.5. The van der Waals surface area contributed by atoms with Crippen LogP contribution in [0.5, 0.6) is 0 Å². The van der Waals surface area contributed by atoms with E-state index in [-0.39, 0.29) is 0 Å².